The van der Waals surface area contributed by atoms with Gasteiger partial charge in [-0.3, -0.25) is 4.79 Å². The van der Waals surface area contributed by atoms with Crippen molar-refractivity contribution in [2.75, 3.05) is 6.54 Å². The number of nitrogens with zero attached hydrogens (tertiary/aromatic N) is 1. The zero-order valence-electron chi connectivity index (χ0n) is 10.4. The summed E-state index contributed by atoms with van der Waals surface area (Å²) in [4.78, 5) is 14.3. The molecule has 1 aromatic rings. The Morgan fingerprint density at radius 3 is 2.12 bits per heavy atom. The van der Waals surface area contributed by atoms with E-state index in [1.807, 2.05) is 25.7 Å². The molecule has 0 saturated heterocycles. The van der Waals surface area contributed by atoms with Crippen molar-refractivity contribution in [2.24, 2.45) is 5.73 Å². The number of rotatable bonds is 4. The minimum atomic E-state index is 0.0389. The topological polar surface area (TPSA) is 46.3 Å². The summed E-state index contributed by atoms with van der Waals surface area (Å²) in [6.45, 7) is 6.68. The molecule has 0 unspecified atom stereocenters. The summed E-state index contributed by atoms with van der Waals surface area (Å²) in [5.41, 5.74) is 6.96. The number of carbonyl (C=O) groups is 1. The molecule has 0 aliphatic carbocycles. The van der Waals surface area contributed by atoms with Crippen LogP contribution in [0.2, 0.25) is 0 Å². The van der Waals surface area contributed by atoms with Crippen LogP contribution in [0.15, 0.2) is 24.3 Å². The molecular formula is C13H18N2OS. The summed E-state index contributed by atoms with van der Waals surface area (Å²) < 4.78 is 0. The fraction of sp³-hybridized carbons (Fsp3) is 0.385. The van der Waals surface area contributed by atoms with E-state index in [1.54, 1.807) is 24.3 Å². The van der Waals surface area contributed by atoms with Crippen LogP contribution in [0.4, 0.5) is 0 Å². The van der Waals surface area contributed by atoms with E-state index in [9.17, 15) is 4.79 Å². The quantitative estimate of drug-likeness (QED) is 0.833. The van der Waals surface area contributed by atoms with Crippen LogP contribution < -0.4 is 5.73 Å². The zero-order valence-corrected chi connectivity index (χ0v) is 11.3. The van der Waals surface area contributed by atoms with Gasteiger partial charge in [0.2, 0.25) is 0 Å². The molecule has 0 heterocycles. The third kappa shape index (κ3) is 3.27. The highest BCUT2D eigenvalue weighted by molar-refractivity contribution is 7.80. The fourth-order valence-corrected chi connectivity index (χ4v) is 1.82. The van der Waals surface area contributed by atoms with Gasteiger partial charge < -0.3 is 10.6 Å². The molecule has 2 N–H and O–H groups in total. The van der Waals surface area contributed by atoms with Gasteiger partial charge in [-0.25, -0.2) is 0 Å². The minimum Gasteiger partial charge on any atom is -0.389 e. The van der Waals surface area contributed by atoms with Gasteiger partial charge in [-0.2, -0.15) is 0 Å². The molecule has 0 aromatic heterocycles. The van der Waals surface area contributed by atoms with Crippen molar-refractivity contribution in [3.8, 4) is 0 Å². The van der Waals surface area contributed by atoms with E-state index in [0.717, 1.165) is 5.56 Å². The number of hydrogen-bond acceptors (Lipinski definition) is 2. The summed E-state index contributed by atoms with van der Waals surface area (Å²) >= 11 is 4.87. The fourth-order valence-electron chi connectivity index (χ4n) is 1.69. The Morgan fingerprint density at radius 1 is 1.29 bits per heavy atom. The first kappa shape index (κ1) is 13.6. The van der Waals surface area contributed by atoms with Gasteiger partial charge in [0, 0.05) is 23.7 Å². The first-order valence-electron chi connectivity index (χ1n) is 5.68. The van der Waals surface area contributed by atoms with Crippen molar-refractivity contribution in [1.29, 1.82) is 0 Å². The molecule has 17 heavy (non-hydrogen) atoms. The molecule has 1 aromatic carbocycles. The highest BCUT2D eigenvalue weighted by Gasteiger charge is 2.16. The molecule has 0 aliphatic heterocycles. The van der Waals surface area contributed by atoms with E-state index >= 15 is 0 Å². The second kappa shape index (κ2) is 5.77. The Bertz CT molecular complexity index is 412. The molecule has 1 amide bonds. The standard InChI is InChI=1S/C13H18N2OS/c1-4-15(9(2)3)13(16)11-7-5-10(6-8-11)12(14)17/h5-9H,4H2,1-3H3,(H2,14,17). The van der Waals surface area contributed by atoms with Crippen LogP contribution in [-0.2, 0) is 0 Å². The maximum Gasteiger partial charge on any atom is 0.254 e. The summed E-state index contributed by atoms with van der Waals surface area (Å²) in [7, 11) is 0. The Hall–Kier alpha value is -1.42. The van der Waals surface area contributed by atoms with Crippen LogP contribution in [0, 0.1) is 0 Å². The van der Waals surface area contributed by atoms with E-state index in [2.05, 4.69) is 0 Å². The second-order valence-corrected chi connectivity index (χ2v) is 4.57. The van der Waals surface area contributed by atoms with Crippen LogP contribution in [-0.4, -0.2) is 28.4 Å². The SMILES string of the molecule is CCN(C(=O)c1ccc(C(N)=S)cc1)C(C)C. The molecule has 4 heteroatoms. The highest BCUT2D eigenvalue weighted by Crippen LogP contribution is 2.10. The monoisotopic (exact) mass is 250 g/mol. The van der Waals surface area contributed by atoms with E-state index in [4.69, 9.17) is 18.0 Å². The smallest absolute Gasteiger partial charge is 0.254 e. The van der Waals surface area contributed by atoms with Crippen molar-refractivity contribution in [3.05, 3.63) is 35.4 Å². The van der Waals surface area contributed by atoms with E-state index < -0.39 is 0 Å². The molecule has 3 nitrogen and oxygen atoms in total. The average molecular weight is 250 g/mol. The Kier molecular flexibility index (Phi) is 4.63. The van der Waals surface area contributed by atoms with Crippen molar-refractivity contribution in [1.82, 2.24) is 4.90 Å². The number of carbonyl (C=O) groups excluding carboxylic acids is 1. The average Bonchev–Trinajstić information content (AvgIpc) is 2.29. The second-order valence-electron chi connectivity index (χ2n) is 4.13. The number of nitrogens with two attached hydrogens (primary N) is 1. The molecule has 92 valence electrons. The summed E-state index contributed by atoms with van der Waals surface area (Å²) in [5, 5.41) is 0. The molecule has 1 rings (SSSR count). The molecular weight excluding hydrogens is 232 g/mol. The number of hydrogen-bond donors (Lipinski definition) is 1. The normalized spacial score (nSPS) is 10.4. The van der Waals surface area contributed by atoms with E-state index in [0.29, 0.717) is 17.1 Å². The van der Waals surface area contributed by atoms with Gasteiger partial charge in [-0.05, 0) is 32.9 Å². The van der Waals surface area contributed by atoms with Crippen LogP contribution in [0.25, 0.3) is 0 Å². The predicted molar refractivity (Wildman–Crippen MR) is 74.2 cm³/mol. The lowest BCUT2D eigenvalue weighted by molar-refractivity contribution is 0.0717. The maximum atomic E-state index is 12.2. The Balaban J connectivity index is 2.93. The van der Waals surface area contributed by atoms with Crippen LogP contribution >= 0.6 is 12.2 Å². The number of amides is 1. The molecule has 0 spiro atoms. The highest BCUT2D eigenvalue weighted by atomic mass is 32.1. The van der Waals surface area contributed by atoms with Crippen LogP contribution in [0.3, 0.4) is 0 Å². The van der Waals surface area contributed by atoms with E-state index in [-0.39, 0.29) is 11.9 Å². The van der Waals surface area contributed by atoms with Crippen LogP contribution in [0.5, 0.6) is 0 Å². The zero-order chi connectivity index (χ0) is 13.0. The third-order valence-electron chi connectivity index (χ3n) is 2.64. The predicted octanol–water partition coefficient (Wildman–Crippen LogP) is 2.19. The van der Waals surface area contributed by atoms with Gasteiger partial charge in [0.25, 0.3) is 5.91 Å². The molecule has 0 fully saturated rings. The Labute approximate surface area is 108 Å². The van der Waals surface area contributed by atoms with Crippen molar-refractivity contribution in [3.63, 3.8) is 0 Å². The molecule has 0 bridgehead atoms. The van der Waals surface area contributed by atoms with E-state index in [1.165, 1.54) is 0 Å². The third-order valence-corrected chi connectivity index (χ3v) is 2.88. The van der Waals surface area contributed by atoms with Gasteiger partial charge in [0.15, 0.2) is 0 Å². The molecule has 0 saturated carbocycles. The maximum absolute atomic E-state index is 12.2. The summed E-state index contributed by atoms with van der Waals surface area (Å²) in [5.74, 6) is 0.0389. The minimum absolute atomic E-state index is 0.0389. The molecule has 0 atom stereocenters. The van der Waals surface area contributed by atoms with Gasteiger partial charge >= 0.3 is 0 Å². The Morgan fingerprint density at radius 2 is 1.76 bits per heavy atom. The number of thiocarbonyl (C=S) groups is 1. The van der Waals surface area contributed by atoms with Gasteiger partial charge in [-0.1, -0.05) is 24.4 Å². The molecule has 0 aliphatic rings. The lowest BCUT2D eigenvalue weighted by Gasteiger charge is -2.25. The van der Waals surface area contributed by atoms with Crippen LogP contribution in [0.1, 0.15) is 36.7 Å². The van der Waals surface area contributed by atoms with Gasteiger partial charge in [-0.15, -0.1) is 0 Å². The summed E-state index contributed by atoms with van der Waals surface area (Å²) in [6, 6.07) is 7.29. The van der Waals surface area contributed by atoms with Crippen molar-refractivity contribution < 1.29 is 4.79 Å². The number of benzene rings is 1. The van der Waals surface area contributed by atoms with Gasteiger partial charge in [0.1, 0.15) is 4.99 Å². The first-order chi connectivity index (χ1) is 7.97. The van der Waals surface area contributed by atoms with Crippen molar-refractivity contribution in [2.45, 2.75) is 26.8 Å². The van der Waals surface area contributed by atoms with Crippen molar-refractivity contribution >= 4 is 23.1 Å². The van der Waals surface area contributed by atoms with Gasteiger partial charge in [0.05, 0.1) is 0 Å². The largest absolute Gasteiger partial charge is 0.389 e. The molecule has 0 radical (unpaired) electrons. The lowest BCUT2D eigenvalue weighted by atomic mass is 10.1. The first-order valence-corrected chi connectivity index (χ1v) is 6.09. The lowest BCUT2D eigenvalue weighted by Crippen LogP contribution is -2.36. The summed E-state index contributed by atoms with van der Waals surface area (Å²) in [6.07, 6.45) is 0.